The molecule has 2 aliphatic heterocycles. The number of nitrogens with zero attached hydrogens (tertiary/aromatic N) is 1. The van der Waals surface area contributed by atoms with Crippen molar-refractivity contribution in [3.8, 4) is 0 Å². The van der Waals surface area contributed by atoms with E-state index in [9.17, 15) is 4.79 Å². The van der Waals surface area contributed by atoms with Crippen LogP contribution >= 0.6 is 0 Å². The maximum atomic E-state index is 13.6. The average Bonchev–Trinajstić information content (AvgIpc) is 2.97. The minimum absolute atomic E-state index is 0.104. The molecule has 0 N–H and O–H groups in total. The molecule has 0 saturated carbocycles. The largest absolute Gasteiger partial charge is 0.459 e. The zero-order valence-electron chi connectivity index (χ0n) is 17.4. The summed E-state index contributed by atoms with van der Waals surface area (Å²) in [6, 6.07) is 18.2. The molecular formula is C23H28BNO3. The smallest absolute Gasteiger partial charge is 0.403 e. The van der Waals surface area contributed by atoms with Crippen LogP contribution in [0.25, 0.3) is 0 Å². The van der Waals surface area contributed by atoms with Gasteiger partial charge in [-0.05, 0) is 51.8 Å². The van der Waals surface area contributed by atoms with Gasteiger partial charge in [-0.1, -0.05) is 48.5 Å². The van der Waals surface area contributed by atoms with Gasteiger partial charge >= 0.3 is 7.12 Å². The molecule has 0 spiro atoms. The Balaban J connectivity index is 1.65. The first-order valence-electron chi connectivity index (χ1n) is 9.95. The fourth-order valence-electron chi connectivity index (χ4n) is 4.20. The van der Waals surface area contributed by atoms with Gasteiger partial charge in [-0.15, -0.1) is 0 Å². The molecule has 4 rings (SSSR count). The summed E-state index contributed by atoms with van der Waals surface area (Å²) in [5.74, 6) is 0.104. The maximum Gasteiger partial charge on any atom is 0.459 e. The Morgan fingerprint density at radius 1 is 0.857 bits per heavy atom. The van der Waals surface area contributed by atoms with Crippen molar-refractivity contribution in [2.24, 2.45) is 0 Å². The van der Waals surface area contributed by atoms with E-state index in [4.69, 9.17) is 9.31 Å². The van der Waals surface area contributed by atoms with E-state index in [2.05, 4.69) is 18.2 Å². The number of benzene rings is 2. The van der Waals surface area contributed by atoms with Crippen LogP contribution in [0.2, 0.25) is 6.32 Å². The fourth-order valence-corrected chi connectivity index (χ4v) is 4.20. The van der Waals surface area contributed by atoms with Crippen LogP contribution in [0.1, 0.15) is 45.7 Å². The van der Waals surface area contributed by atoms with Gasteiger partial charge in [0.25, 0.3) is 0 Å². The normalized spacial score (nSPS) is 25.2. The molecular weight excluding hydrogens is 349 g/mol. The molecule has 0 aromatic heterocycles. The number of anilines is 1. The number of carbonyl (C=O) groups excluding carboxylic acids is 1. The number of amides is 1. The van der Waals surface area contributed by atoms with Gasteiger partial charge in [0.1, 0.15) is 0 Å². The Morgan fingerprint density at radius 2 is 1.43 bits per heavy atom. The third-order valence-corrected chi connectivity index (χ3v) is 6.57. The Kier molecular flexibility index (Phi) is 4.44. The zero-order chi connectivity index (χ0) is 20.2. The van der Waals surface area contributed by atoms with Crippen LogP contribution in [-0.2, 0) is 26.1 Å². The summed E-state index contributed by atoms with van der Waals surface area (Å²) in [6.07, 6.45) is 0.501. The van der Waals surface area contributed by atoms with Crippen molar-refractivity contribution in [2.75, 3.05) is 4.90 Å². The highest BCUT2D eigenvalue weighted by Crippen LogP contribution is 2.48. The summed E-state index contributed by atoms with van der Waals surface area (Å²) in [5.41, 5.74) is 1.66. The Morgan fingerprint density at radius 3 is 2.07 bits per heavy atom. The summed E-state index contributed by atoms with van der Waals surface area (Å²) < 4.78 is 12.4. The lowest BCUT2D eigenvalue weighted by Gasteiger charge is -2.32. The molecule has 1 atom stereocenters. The Labute approximate surface area is 168 Å². The van der Waals surface area contributed by atoms with Crippen LogP contribution in [0.15, 0.2) is 54.6 Å². The van der Waals surface area contributed by atoms with E-state index in [1.165, 1.54) is 0 Å². The number of hydrogen-bond acceptors (Lipinski definition) is 3. The molecule has 2 aromatic rings. The van der Waals surface area contributed by atoms with Crippen LogP contribution < -0.4 is 4.90 Å². The Hall–Kier alpha value is -2.11. The minimum atomic E-state index is -0.674. The van der Waals surface area contributed by atoms with Gasteiger partial charge in [0, 0.05) is 12.0 Å². The van der Waals surface area contributed by atoms with Crippen molar-refractivity contribution in [1.82, 2.24) is 0 Å². The molecule has 1 unspecified atom stereocenters. The number of rotatable bonds is 4. The third kappa shape index (κ3) is 2.97. The summed E-state index contributed by atoms with van der Waals surface area (Å²) >= 11 is 0. The van der Waals surface area contributed by atoms with Gasteiger partial charge in [0.2, 0.25) is 5.91 Å². The molecule has 2 aliphatic rings. The van der Waals surface area contributed by atoms with E-state index in [-0.39, 0.29) is 5.91 Å². The molecule has 4 nitrogen and oxygen atoms in total. The van der Waals surface area contributed by atoms with E-state index in [1.807, 2.05) is 75.9 Å². The van der Waals surface area contributed by atoms with Crippen LogP contribution in [-0.4, -0.2) is 24.2 Å². The first-order chi connectivity index (χ1) is 13.1. The van der Waals surface area contributed by atoms with Gasteiger partial charge < -0.3 is 14.2 Å². The lowest BCUT2D eigenvalue weighted by molar-refractivity contribution is -0.122. The van der Waals surface area contributed by atoms with Gasteiger partial charge in [0.15, 0.2) is 0 Å². The predicted molar refractivity (Wildman–Crippen MR) is 112 cm³/mol. The first kappa shape index (κ1) is 19.2. The molecule has 0 aliphatic carbocycles. The lowest BCUT2D eigenvalue weighted by Crippen LogP contribution is -2.41. The van der Waals surface area contributed by atoms with Gasteiger partial charge in [-0.2, -0.15) is 0 Å². The van der Waals surface area contributed by atoms with E-state index < -0.39 is 23.7 Å². The lowest BCUT2D eigenvalue weighted by atomic mass is 9.66. The Bertz CT molecular complexity index is 880. The van der Waals surface area contributed by atoms with Crippen LogP contribution in [0, 0.1) is 0 Å². The fraction of sp³-hybridized carbons (Fsp3) is 0.435. The predicted octanol–water partition coefficient (Wildman–Crippen LogP) is 4.58. The standard InChI is InChI=1S/C23H28BNO3/c1-21(2)22(3,4)28-24(27-21)16-23(5)18-13-9-10-14-19(18)25(20(23)26)15-17-11-7-6-8-12-17/h6-14H,15-16H2,1-5H3. The van der Waals surface area contributed by atoms with E-state index >= 15 is 0 Å². The summed E-state index contributed by atoms with van der Waals surface area (Å²) in [6.45, 7) is 10.8. The van der Waals surface area contributed by atoms with Gasteiger partial charge in [0.05, 0.1) is 23.2 Å². The van der Waals surface area contributed by atoms with E-state index in [0.29, 0.717) is 12.9 Å². The molecule has 146 valence electrons. The van der Waals surface area contributed by atoms with Crippen LogP contribution in [0.5, 0.6) is 0 Å². The number of hydrogen-bond donors (Lipinski definition) is 0. The molecule has 5 heteroatoms. The maximum absolute atomic E-state index is 13.6. The minimum Gasteiger partial charge on any atom is -0.403 e. The molecule has 1 amide bonds. The van der Waals surface area contributed by atoms with Crippen molar-refractivity contribution in [3.05, 3.63) is 65.7 Å². The highest BCUT2D eigenvalue weighted by molar-refractivity contribution is 6.47. The third-order valence-electron chi connectivity index (χ3n) is 6.57. The zero-order valence-corrected chi connectivity index (χ0v) is 17.4. The molecule has 2 aromatic carbocycles. The molecule has 2 heterocycles. The van der Waals surface area contributed by atoms with Gasteiger partial charge in [-0.25, -0.2) is 0 Å². The number of para-hydroxylation sites is 1. The summed E-state index contributed by atoms with van der Waals surface area (Å²) in [4.78, 5) is 15.5. The highest BCUT2D eigenvalue weighted by Gasteiger charge is 2.56. The monoisotopic (exact) mass is 377 g/mol. The molecule has 0 radical (unpaired) electrons. The molecule has 28 heavy (non-hydrogen) atoms. The van der Waals surface area contributed by atoms with Crippen LogP contribution in [0.3, 0.4) is 0 Å². The van der Waals surface area contributed by atoms with E-state index in [0.717, 1.165) is 16.8 Å². The topological polar surface area (TPSA) is 38.8 Å². The quantitative estimate of drug-likeness (QED) is 0.732. The number of carbonyl (C=O) groups is 1. The van der Waals surface area contributed by atoms with Crippen molar-refractivity contribution < 1.29 is 14.1 Å². The summed E-state index contributed by atoms with van der Waals surface area (Å²) in [7, 11) is -0.413. The second-order valence-corrected chi connectivity index (χ2v) is 9.12. The van der Waals surface area contributed by atoms with Crippen molar-refractivity contribution in [1.29, 1.82) is 0 Å². The van der Waals surface area contributed by atoms with Crippen molar-refractivity contribution in [2.45, 2.75) is 64.1 Å². The SMILES string of the molecule is CC1(CB2OC(C)(C)C(C)(C)O2)C(=O)N(Cc2ccccc2)c2ccccc21. The van der Waals surface area contributed by atoms with E-state index in [1.54, 1.807) is 0 Å². The van der Waals surface area contributed by atoms with Crippen LogP contribution in [0.4, 0.5) is 5.69 Å². The molecule has 1 fully saturated rings. The van der Waals surface area contributed by atoms with Crippen molar-refractivity contribution in [3.63, 3.8) is 0 Å². The number of fused-ring (bicyclic) bond motifs is 1. The van der Waals surface area contributed by atoms with Gasteiger partial charge in [-0.3, -0.25) is 4.79 Å². The average molecular weight is 377 g/mol. The highest BCUT2D eigenvalue weighted by atomic mass is 16.7. The second kappa shape index (κ2) is 6.46. The van der Waals surface area contributed by atoms with Crippen molar-refractivity contribution >= 4 is 18.7 Å². The first-order valence-corrected chi connectivity index (χ1v) is 9.95. The molecule has 1 saturated heterocycles. The summed E-state index contributed by atoms with van der Waals surface area (Å²) in [5, 5.41) is 0. The second-order valence-electron chi connectivity index (χ2n) is 9.12. The molecule has 0 bridgehead atoms.